The molecule has 0 spiro atoms. The monoisotopic (exact) mass is 230 g/mol. The summed E-state index contributed by atoms with van der Waals surface area (Å²) in [6, 6.07) is 2.92. The third kappa shape index (κ3) is 3.27. The van der Waals surface area contributed by atoms with Gasteiger partial charge in [0.2, 0.25) is 0 Å². The lowest BCUT2D eigenvalue weighted by molar-refractivity contribution is 0.604. The molecule has 5 heteroatoms. The van der Waals surface area contributed by atoms with Gasteiger partial charge in [0.1, 0.15) is 0 Å². The van der Waals surface area contributed by atoms with Crippen molar-refractivity contribution in [3.63, 3.8) is 0 Å². The Hall–Kier alpha value is -0.970. The van der Waals surface area contributed by atoms with Crippen molar-refractivity contribution < 1.29 is 8.60 Å². The highest BCUT2D eigenvalue weighted by Gasteiger charge is 2.15. The van der Waals surface area contributed by atoms with Crippen LogP contribution in [0.15, 0.2) is 18.3 Å². The number of hydrogen-bond donors (Lipinski definition) is 0. The zero-order chi connectivity index (χ0) is 11.4. The predicted octanol–water partition coefficient (Wildman–Crippen LogP) is 1.42. The maximum absolute atomic E-state index is 13.4. The summed E-state index contributed by atoms with van der Waals surface area (Å²) in [5.74, 6) is 0.455. The molecule has 1 aromatic rings. The molecule has 0 aliphatic rings. The Kier molecular flexibility index (Phi) is 4.20. The molecule has 0 N–H and O–H groups in total. The summed E-state index contributed by atoms with van der Waals surface area (Å²) in [5, 5.41) is 0. The topological polar surface area (TPSA) is 33.2 Å². The third-order valence-electron chi connectivity index (χ3n) is 2.21. The molecule has 15 heavy (non-hydrogen) atoms. The Labute approximate surface area is 91.8 Å². The van der Waals surface area contributed by atoms with Gasteiger partial charge in [-0.2, -0.15) is 0 Å². The van der Waals surface area contributed by atoms with Gasteiger partial charge in [0.05, 0.1) is 0 Å². The number of rotatable bonds is 4. The summed E-state index contributed by atoms with van der Waals surface area (Å²) in [6.07, 6.45) is 3.18. The first-order valence-corrected chi connectivity index (χ1v) is 6.38. The van der Waals surface area contributed by atoms with Crippen molar-refractivity contribution in [2.45, 2.75) is 13.0 Å². The van der Waals surface area contributed by atoms with Crippen molar-refractivity contribution in [2.75, 3.05) is 24.0 Å². The minimum Gasteiger partial charge on any atom is -0.354 e. The molecule has 0 saturated carbocycles. The molecule has 0 bridgehead atoms. The number of anilines is 1. The molecular weight excluding hydrogens is 215 g/mol. The van der Waals surface area contributed by atoms with Crippen LogP contribution in [0.25, 0.3) is 0 Å². The fourth-order valence-corrected chi connectivity index (χ4v) is 2.20. The molecule has 0 aliphatic heterocycles. The predicted molar refractivity (Wildman–Crippen MR) is 61.0 cm³/mol. The molecule has 1 heterocycles. The molecule has 84 valence electrons. The third-order valence-corrected chi connectivity index (χ3v) is 3.16. The van der Waals surface area contributed by atoms with E-state index in [1.807, 2.05) is 6.92 Å². The van der Waals surface area contributed by atoms with Gasteiger partial charge in [0.25, 0.3) is 0 Å². The highest BCUT2D eigenvalue weighted by atomic mass is 32.2. The van der Waals surface area contributed by atoms with E-state index in [2.05, 4.69) is 4.98 Å². The minimum atomic E-state index is -0.889. The van der Waals surface area contributed by atoms with E-state index in [0.717, 1.165) is 0 Å². The van der Waals surface area contributed by atoms with Crippen molar-refractivity contribution in [3.8, 4) is 0 Å². The van der Waals surface area contributed by atoms with Gasteiger partial charge in [-0.15, -0.1) is 0 Å². The van der Waals surface area contributed by atoms with Gasteiger partial charge < -0.3 is 4.90 Å². The summed E-state index contributed by atoms with van der Waals surface area (Å²) >= 11 is 0. The highest BCUT2D eigenvalue weighted by molar-refractivity contribution is 7.84. The number of halogens is 1. The fraction of sp³-hybridized carbons (Fsp3) is 0.500. The molecule has 3 nitrogen and oxygen atoms in total. The minimum absolute atomic E-state index is 0.000216. The average molecular weight is 230 g/mol. The Morgan fingerprint density at radius 2 is 2.33 bits per heavy atom. The van der Waals surface area contributed by atoms with Crippen molar-refractivity contribution in [1.82, 2.24) is 4.98 Å². The van der Waals surface area contributed by atoms with Crippen molar-refractivity contribution in [2.24, 2.45) is 0 Å². The summed E-state index contributed by atoms with van der Waals surface area (Å²) < 4.78 is 24.4. The number of aromatic nitrogens is 1. The zero-order valence-electron chi connectivity index (χ0n) is 9.11. The maximum Gasteiger partial charge on any atom is 0.165 e. The molecule has 2 atom stereocenters. The van der Waals surface area contributed by atoms with Gasteiger partial charge in [0, 0.05) is 42.1 Å². The van der Waals surface area contributed by atoms with Crippen LogP contribution in [0, 0.1) is 5.82 Å². The van der Waals surface area contributed by atoms with E-state index in [9.17, 15) is 8.60 Å². The molecule has 1 aromatic heterocycles. The van der Waals surface area contributed by atoms with E-state index in [-0.39, 0.29) is 11.9 Å². The van der Waals surface area contributed by atoms with Crippen LogP contribution in [-0.2, 0) is 10.8 Å². The number of pyridine rings is 1. The van der Waals surface area contributed by atoms with Gasteiger partial charge in [0.15, 0.2) is 11.6 Å². The Bertz CT molecular complexity index is 359. The lowest BCUT2D eigenvalue weighted by atomic mass is 10.3. The van der Waals surface area contributed by atoms with Crippen LogP contribution in [-0.4, -0.2) is 34.3 Å². The molecule has 0 unspecified atom stereocenters. The van der Waals surface area contributed by atoms with Crippen LogP contribution in [0.3, 0.4) is 0 Å². The standard InChI is InChI=1S/C10H15FN2OS/c1-8(7-15(3)14)13(2)10-9(11)5-4-6-12-10/h4-6,8H,7H2,1-3H3/t8-,15+/m1/s1. The molecule has 0 saturated heterocycles. The first-order chi connectivity index (χ1) is 7.02. The quantitative estimate of drug-likeness (QED) is 0.784. The van der Waals surface area contributed by atoms with Crippen LogP contribution in [0.5, 0.6) is 0 Å². The van der Waals surface area contributed by atoms with E-state index < -0.39 is 10.8 Å². The van der Waals surface area contributed by atoms with Gasteiger partial charge in [-0.05, 0) is 19.1 Å². The molecule has 0 radical (unpaired) electrons. The Morgan fingerprint density at radius 3 is 2.87 bits per heavy atom. The molecule has 1 rings (SSSR count). The normalized spacial score (nSPS) is 14.7. The van der Waals surface area contributed by atoms with E-state index in [4.69, 9.17) is 0 Å². The lowest BCUT2D eigenvalue weighted by Gasteiger charge is -2.25. The van der Waals surface area contributed by atoms with Gasteiger partial charge in [-0.3, -0.25) is 4.21 Å². The molecular formula is C10H15FN2OS. The average Bonchev–Trinajstić information content (AvgIpc) is 2.16. The highest BCUT2D eigenvalue weighted by Crippen LogP contribution is 2.15. The van der Waals surface area contributed by atoms with E-state index in [1.54, 1.807) is 30.5 Å². The summed E-state index contributed by atoms with van der Waals surface area (Å²) in [6.45, 7) is 1.90. The van der Waals surface area contributed by atoms with Crippen molar-refractivity contribution in [1.29, 1.82) is 0 Å². The number of hydrogen-bond acceptors (Lipinski definition) is 3. The van der Waals surface area contributed by atoms with Crippen LogP contribution in [0.2, 0.25) is 0 Å². The Morgan fingerprint density at radius 1 is 1.67 bits per heavy atom. The molecule has 0 aliphatic carbocycles. The van der Waals surface area contributed by atoms with Crippen LogP contribution in [0.1, 0.15) is 6.92 Å². The summed E-state index contributed by atoms with van der Waals surface area (Å²) in [7, 11) is 0.864. The van der Waals surface area contributed by atoms with Gasteiger partial charge in [-0.1, -0.05) is 0 Å². The molecule has 0 amide bonds. The van der Waals surface area contributed by atoms with Crippen molar-refractivity contribution >= 4 is 16.6 Å². The first kappa shape index (κ1) is 12.1. The van der Waals surface area contributed by atoms with Crippen LogP contribution >= 0.6 is 0 Å². The lowest BCUT2D eigenvalue weighted by Crippen LogP contribution is -2.34. The van der Waals surface area contributed by atoms with Crippen molar-refractivity contribution in [3.05, 3.63) is 24.1 Å². The second-order valence-corrected chi connectivity index (χ2v) is 4.99. The molecule has 0 aromatic carbocycles. The van der Waals surface area contributed by atoms with Gasteiger partial charge >= 0.3 is 0 Å². The fourth-order valence-electron chi connectivity index (χ4n) is 1.30. The summed E-state index contributed by atoms with van der Waals surface area (Å²) in [5.41, 5.74) is 0. The second-order valence-electron chi connectivity index (χ2n) is 3.51. The Balaban J connectivity index is 2.80. The second kappa shape index (κ2) is 5.21. The van der Waals surface area contributed by atoms with Crippen LogP contribution < -0.4 is 4.90 Å². The first-order valence-electron chi connectivity index (χ1n) is 4.65. The van der Waals surface area contributed by atoms with Gasteiger partial charge in [-0.25, -0.2) is 9.37 Å². The van der Waals surface area contributed by atoms with E-state index >= 15 is 0 Å². The number of nitrogens with zero attached hydrogens (tertiary/aromatic N) is 2. The summed E-state index contributed by atoms with van der Waals surface area (Å²) in [4.78, 5) is 5.66. The van der Waals surface area contributed by atoms with E-state index in [1.165, 1.54) is 6.07 Å². The SMILES string of the molecule is C[C@H](C[S@](C)=O)N(C)c1ncccc1F. The zero-order valence-corrected chi connectivity index (χ0v) is 9.92. The van der Waals surface area contributed by atoms with E-state index in [0.29, 0.717) is 11.6 Å². The largest absolute Gasteiger partial charge is 0.354 e. The molecule has 0 fully saturated rings. The smallest absolute Gasteiger partial charge is 0.165 e. The maximum atomic E-state index is 13.4. The van der Waals surface area contributed by atoms with Crippen LogP contribution in [0.4, 0.5) is 10.2 Å².